The fourth-order valence-corrected chi connectivity index (χ4v) is 2.16. The van der Waals surface area contributed by atoms with Gasteiger partial charge in [0.2, 0.25) is 0 Å². The minimum Gasteiger partial charge on any atom is -0.484 e. The minimum atomic E-state index is -0.117. The second-order valence-electron chi connectivity index (χ2n) is 4.29. The van der Waals surface area contributed by atoms with Gasteiger partial charge in [-0.25, -0.2) is 0 Å². The number of anilines is 2. The Labute approximate surface area is 131 Å². The van der Waals surface area contributed by atoms with Gasteiger partial charge >= 0.3 is 0 Å². The van der Waals surface area contributed by atoms with Gasteiger partial charge in [0.05, 0.1) is 0 Å². The van der Waals surface area contributed by atoms with Crippen LogP contribution >= 0.6 is 22.6 Å². The molecule has 0 atom stereocenters. The largest absolute Gasteiger partial charge is 0.484 e. The number of amides is 1. The van der Waals surface area contributed by atoms with Crippen LogP contribution in [0.4, 0.5) is 11.4 Å². The van der Waals surface area contributed by atoms with Gasteiger partial charge in [-0.3, -0.25) is 4.79 Å². The van der Waals surface area contributed by atoms with Crippen LogP contribution in [-0.4, -0.2) is 19.6 Å². The third-order valence-electron chi connectivity index (χ3n) is 2.81. The van der Waals surface area contributed by atoms with Gasteiger partial charge in [-0.2, -0.15) is 0 Å². The van der Waals surface area contributed by atoms with E-state index in [9.17, 15) is 4.79 Å². The Morgan fingerprint density at radius 3 is 2.60 bits per heavy atom. The Morgan fingerprint density at radius 1 is 1.25 bits per heavy atom. The second-order valence-corrected chi connectivity index (χ2v) is 5.54. The quantitative estimate of drug-likeness (QED) is 0.654. The molecule has 2 aromatic carbocycles. The Balaban J connectivity index is 1.96. The molecule has 0 aliphatic rings. The number of nitrogens with zero attached hydrogens (tertiary/aromatic N) is 1. The molecule has 5 heteroatoms. The normalized spacial score (nSPS) is 10.1. The SMILES string of the molecule is CN(C(=O)COc1cccc(I)c1)c1ccc(N)cc1. The summed E-state index contributed by atoms with van der Waals surface area (Å²) < 4.78 is 6.56. The summed E-state index contributed by atoms with van der Waals surface area (Å²) in [5.74, 6) is 0.574. The standard InChI is InChI=1S/C15H15IN2O2/c1-18(13-7-5-12(17)6-8-13)15(19)10-20-14-4-2-3-11(16)9-14/h2-9H,10,17H2,1H3. The van der Waals surface area contributed by atoms with Gasteiger partial charge < -0.3 is 15.4 Å². The second kappa shape index (κ2) is 6.60. The van der Waals surface area contributed by atoms with Gasteiger partial charge in [-0.1, -0.05) is 6.07 Å². The molecule has 4 nitrogen and oxygen atoms in total. The highest BCUT2D eigenvalue weighted by Gasteiger charge is 2.11. The molecule has 0 aliphatic heterocycles. The number of benzene rings is 2. The number of rotatable bonds is 4. The summed E-state index contributed by atoms with van der Waals surface area (Å²) in [7, 11) is 1.71. The number of halogens is 1. The van der Waals surface area contributed by atoms with Crippen LogP contribution in [0, 0.1) is 3.57 Å². The van der Waals surface area contributed by atoms with E-state index >= 15 is 0 Å². The molecule has 0 radical (unpaired) electrons. The molecular weight excluding hydrogens is 367 g/mol. The number of nitrogens with two attached hydrogens (primary N) is 1. The topological polar surface area (TPSA) is 55.6 Å². The Morgan fingerprint density at radius 2 is 1.95 bits per heavy atom. The van der Waals surface area contributed by atoms with Gasteiger partial charge in [-0.15, -0.1) is 0 Å². The fourth-order valence-electron chi connectivity index (χ4n) is 1.64. The Kier molecular flexibility index (Phi) is 4.84. The summed E-state index contributed by atoms with van der Waals surface area (Å²) in [6.45, 7) is 0.000962. The summed E-state index contributed by atoms with van der Waals surface area (Å²) in [4.78, 5) is 13.6. The molecule has 2 aromatic rings. The van der Waals surface area contributed by atoms with E-state index in [-0.39, 0.29) is 12.5 Å². The predicted octanol–water partition coefficient (Wildman–Crippen LogP) is 2.92. The first-order valence-corrected chi connectivity index (χ1v) is 7.14. The lowest BCUT2D eigenvalue weighted by atomic mass is 10.2. The highest BCUT2D eigenvalue weighted by atomic mass is 127. The molecule has 104 valence electrons. The highest BCUT2D eigenvalue weighted by Crippen LogP contribution is 2.17. The van der Waals surface area contributed by atoms with Crippen LogP contribution in [0.5, 0.6) is 5.75 Å². The zero-order valence-electron chi connectivity index (χ0n) is 11.0. The monoisotopic (exact) mass is 382 g/mol. The molecule has 2 N–H and O–H groups in total. The van der Waals surface area contributed by atoms with Crippen LogP contribution in [0.15, 0.2) is 48.5 Å². The molecular formula is C15H15IN2O2. The lowest BCUT2D eigenvalue weighted by Gasteiger charge is -2.17. The molecule has 0 bridgehead atoms. The van der Waals surface area contributed by atoms with E-state index in [0.29, 0.717) is 11.4 Å². The van der Waals surface area contributed by atoms with Crippen molar-refractivity contribution in [1.82, 2.24) is 0 Å². The number of likely N-dealkylation sites (N-methyl/N-ethyl adjacent to an activating group) is 1. The molecule has 2 rings (SSSR count). The zero-order valence-corrected chi connectivity index (χ0v) is 13.2. The molecule has 0 saturated carbocycles. The van der Waals surface area contributed by atoms with Crippen LogP contribution in [-0.2, 0) is 4.79 Å². The van der Waals surface area contributed by atoms with Crippen molar-refractivity contribution >= 4 is 39.9 Å². The Hall–Kier alpha value is -1.76. The van der Waals surface area contributed by atoms with Crippen molar-refractivity contribution in [1.29, 1.82) is 0 Å². The van der Waals surface area contributed by atoms with Crippen LogP contribution < -0.4 is 15.4 Å². The maximum atomic E-state index is 12.1. The molecule has 0 fully saturated rings. The summed E-state index contributed by atoms with van der Waals surface area (Å²) in [6.07, 6.45) is 0. The van der Waals surface area contributed by atoms with E-state index in [2.05, 4.69) is 22.6 Å². The van der Waals surface area contributed by atoms with Crippen molar-refractivity contribution in [3.8, 4) is 5.75 Å². The van der Waals surface area contributed by atoms with Gasteiger partial charge in [-0.05, 0) is 65.1 Å². The third-order valence-corrected chi connectivity index (χ3v) is 3.48. The van der Waals surface area contributed by atoms with E-state index in [1.54, 1.807) is 36.2 Å². The average Bonchev–Trinajstić information content (AvgIpc) is 2.45. The average molecular weight is 382 g/mol. The van der Waals surface area contributed by atoms with Crippen LogP contribution in [0.3, 0.4) is 0 Å². The van der Waals surface area contributed by atoms with Crippen LogP contribution in [0.25, 0.3) is 0 Å². The number of nitrogen functional groups attached to an aromatic ring is 1. The first-order valence-electron chi connectivity index (χ1n) is 6.07. The predicted molar refractivity (Wildman–Crippen MR) is 88.9 cm³/mol. The molecule has 20 heavy (non-hydrogen) atoms. The molecule has 1 amide bonds. The van der Waals surface area contributed by atoms with E-state index in [4.69, 9.17) is 10.5 Å². The van der Waals surface area contributed by atoms with E-state index in [1.165, 1.54) is 0 Å². The smallest absolute Gasteiger partial charge is 0.264 e. The van der Waals surface area contributed by atoms with Gasteiger partial charge in [0, 0.05) is 22.0 Å². The van der Waals surface area contributed by atoms with E-state index < -0.39 is 0 Å². The molecule has 0 spiro atoms. The summed E-state index contributed by atoms with van der Waals surface area (Å²) in [5.41, 5.74) is 7.08. The van der Waals surface area contributed by atoms with Gasteiger partial charge in [0.15, 0.2) is 6.61 Å². The van der Waals surface area contributed by atoms with Gasteiger partial charge in [0.25, 0.3) is 5.91 Å². The molecule has 0 unspecified atom stereocenters. The van der Waals surface area contributed by atoms with Crippen molar-refractivity contribution in [3.63, 3.8) is 0 Å². The molecule has 0 aromatic heterocycles. The lowest BCUT2D eigenvalue weighted by molar-refractivity contribution is -0.120. The Bertz CT molecular complexity index is 599. The van der Waals surface area contributed by atoms with E-state index in [0.717, 1.165) is 9.26 Å². The number of carbonyl (C=O) groups excluding carboxylic acids is 1. The maximum Gasteiger partial charge on any atom is 0.264 e. The van der Waals surface area contributed by atoms with Gasteiger partial charge in [0.1, 0.15) is 5.75 Å². The minimum absolute atomic E-state index is 0.000962. The number of hydrogen-bond donors (Lipinski definition) is 1. The molecule has 0 saturated heterocycles. The third kappa shape index (κ3) is 3.86. The summed E-state index contributed by atoms with van der Waals surface area (Å²) in [6, 6.07) is 14.7. The maximum absolute atomic E-state index is 12.1. The number of carbonyl (C=O) groups is 1. The highest BCUT2D eigenvalue weighted by molar-refractivity contribution is 14.1. The molecule has 0 heterocycles. The summed E-state index contributed by atoms with van der Waals surface area (Å²) in [5, 5.41) is 0. The lowest BCUT2D eigenvalue weighted by Crippen LogP contribution is -2.31. The molecule has 0 aliphatic carbocycles. The van der Waals surface area contributed by atoms with Crippen LogP contribution in [0.2, 0.25) is 0 Å². The van der Waals surface area contributed by atoms with Crippen molar-refractivity contribution in [3.05, 3.63) is 52.1 Å². The van der Waals surface area contributed by atoms with Crippen molar-refractivity contribution in [2.75, 3.05) is 24.3 Å². The fraction of sp³-hybridized carbons (Fsp3) is 0.133. The first kappa shape index (κ1) is 14.6. The number of ether oxygens (including phenoxy) is 1. The zero-order chi connectivity index (χ0) is 14.5. The van der Waals surface area contributed by atoms with Crippen LogP contribution in [0.1, 0.15) is 0 Å². The van der Waals surface area contributed by atoms with E-state index in [1.807, 2.05) is 24.3 Å². The van der Waals surface area contributed by atoms with Crippen molar-refractivity contribution < 1.29 is 9.53 Å². The number of hydrogen-bond acceptors (Lipinski definition) is 3. The summed E-state index contributed by atoms with van der Waals surface area (Å²) >= 11 is 2.20. The van der Waals surface area contributed by atoms with Crippen molar-refractivity contribution in [2.24, 2.45) is 0 Å². The van der Waals surface area contributed by atoms with Crippen molar-refractivity contribution in [2.45, 2.75) is 0 Å². The first-order chi connectivity index (χ1) is 9.56.